The van der Waals surface area contributed by atoms with Crippen molar-refractivity contribution in [3.05, 3.63) is 69.2 Å². The van der Waals surface area contributed by atoms with Crippen LogP contribution in [0.3, 0.4) is 0 Å². The summed E-state index contributed by atoms with van der Waals surface area (Å²) in [5.74, 6) is 0.630. The van der Waals surface area contributed by atoms with Gasteiger partial charge in [0.1, 0.15) is 0 Å². The minimum atomic E-state index is 0.242. The standard InChI is InChI=1S/C18H20Br2/c1-4-12(2)14-8-10-15(11-9-14)18(20)16-6-5-7-17(19)13(16)3/h5-12,18H,4H2,1-3H3. The Hall–Kier alpha value is -0.600. The molecule has 0 radical (unpaired) electrons. The van der Waals surface area contributed by atoms with Gasteiger partial charge >= 0.3 is 0 Å². The maximum atomic E-state index is 3.84. The van der Waals surface area contributed by atoms with Crippen molar-refractivity contribution in [2.24, 2.45) is 0 Å². The topological polar surface area (TPSA) is 0 Å². The number of benzene rings is 2. The van der Waals surface area contributed by atoms with Crippen molar-refractivity contribution in [3.63, 3.8) is 0 Å². The zero-order valence-corrected chi connectivity index (χ0v) is 15.3. The molecule has 2 atom stereocenters. The SMILES string of the molecule is CCC(C)c1ccc(C(Br)c2cccc(Br)c2C)cc1. The van der Waals surface area contributed by atoms with Gasteiger partial charge in [-0.1, -0.05) is 82.1 Å². The van der Waals surface area contributed by atoms with E-state index in [1.54, 1.807) is 0 Å². The maximum absolute atomic E-state index is 3.84. The van der Waals surface area contributed by atoms with Crippen LogP contribution in [0.4, 0.5) is 0 Å². The zero-order chi connectivity index (χ0) is 14.7. The summed E-state index contributed by atoms with van der Waals surface area (Å²) >= 11 is 7.44. The molecule has 0 N–H and O–H groups in total. The minimum absolute atomic E-state index is 0.242. The van der Waals surface area contributed by atoms with Crippen LogP contribution in [0.2, 0.25) is 0 Å². The molecule has 0 bridgehead atoms. The molecule has 0 aliphatic heterocycles. The van der Waals surface area contributed by atoms with Crippen LogP contribution in [0.15, 0.2) is 46.9 Å². The summed E-state index contributed by atoms with van der Waals surface area (Å²) < 4.78 is 1.16. The zero-order valence-electron chi connectivity index (χ0n) is 12.2. The van der Waals surface area contributed by atoms with Gasteiger partial charge in [0.25, 0.3) is 0 Å². The van der Waals surface area contributed by atoms with E-state index in [4.69, 9.17) is 0 Å². The monoisotopic (exact) mass is 394 g/mol. The third-order valence-corrected chi connectivity index (χ3v) is 5.87. The van der Waals surface area contributed by atoms with Crippen LogP contribution in [0, 0.1) is 6.92 Å². The van der Waals surface area contributed by atoms with E-state index in [2.05, 4.69) is 95.1 Å². The predicted octanol–water partition coefficient (Wildman–Crippen LogP) is 6.76. The molecule has 0 saturated heterocycles. The first kappa shape index (κ1) is 15.8. The Kier molecular flexibility index (Phi) is 5.45. The number of rotatable bonds is 4. The second kappa shape index (κ2) is 6.91. The summed E-state index contributed by atoms with van der Waals surface area (Å²) in [6.45, 7) is 6.66. The van der Waals surface area contributed by atoms with Crippen molar-refractivity contribution in [1.82, 2.24) is 0 Å². The van der Waals surface area contributed by atoms with Crippen LogP contribution in [0.1, 0.15) is 53.3 Å². The van der Waals surface area contributed by atoms with Gasteiger partial charge in [-0.05, 0) is 47.6 Å². The van der Waals surface area contributed by atoms with E-state index >= 15 is 0 Å². The van der Waals surface area contributed by atoms with Gasteiger partial charge in [-0.15, -0.1) is 0 Å². The molecule has 0 fully saturated rings. The summed E-state index contributed by atoms with van der Waals surface area (Å²) in [6.07, 6.45) is 1.18. The third kappa shape index (κ3) is 3.35. The van der Waals surface area contributed by atoms with Crippen molar-refractivity contribution in [1.29, 1.82) is 0 Å². The van der Waals surface area contributed by atoms with E-state index in [1.807, 2.05) is 0 Å². The molecule has 2 aromatic carbocycles. The fraction of sp³-hybridized carbons (Fsp3) is 0.333. The first-order chi connectivity index (χ1) is 9.54. The Morgan fingerprint density at radius 1 is 1.00 bits per heavy atom. The van der Waals surface area contributed by atoms with Crippen LogP contribution < -0.4 is 0 Å². The van der Waals surface area contributed by atoms with Gasteiger partial charge < -0.3 is 0 Å². The van der Waals surface area contributed by atoms with Crippen LogP contribution in [-0.4, -0.2) is 0 Å². The lowest BCUT2D eigenvalue weighted by atomic mass is 9.95. The van der Waals surface area contributed by atoms with Crippen molar-refractivity contribution in [3.8, 4) is 0 Å². The Morgan fingerprint density at radius 3 is 2.20 bits per heavy atom. The average Bonchev–Trinajstić information content (AvgIpc) is 2.48. The van der Waals surface area contributed by atoms with E-state index < -0.39 is 0 Å². The molecular formula is C18H20Br2. The van der Waals surface area contributed by atoms with Crippen LogP contribution >= 0.6 is 31.9 Å². The third-order valence-electron chi connectivity index (χ3n) is 3.99. The summed E-state index contributed by atoms with van der Waals surface area (Å²) in [7, 11) is 0. The van der Waals surface area contributed by atoms with Crippen molar-refractivity contribution < 1.29 is 0 Å². The highest BCUT2D eigenvalue weighted by atomic mass is 79.9. The number of hydrogen-bond acceptors (Lipinski definition) is 0. The summed E-state index contributed by atoms with van der Waals surface area (Å²) in [5, 5.41) is 0. The quantitative estimate of drug-likeness (QED) is 0.502. The number of alkyl halides is 1. The molecule has 0 aliphatic rings. The summed E-state index contributed by atoms with van der Waals surface area (Å²) in [6, 6.07) is 15.3. The van der Waals surface area contributed by atoms with Gasteiger partial charge in [0.2, 0.25) is 0 Å². The summed E-state index contributed by atoms with van der Waals surface area (Å²) in [4.78, 5) is 0.242. The molecule has 0 nitrogen and oxygen atoms in total. The Balaban J connectivity index is 2.29. The number of hydrogen-bond donors (Lipinski definition) is 0. The molecular weight excluding hydrogens is 376 g/mol. The van der Waals surface area contributed by atoms with Crippen molar-refractivity contribution in [2.75, 3.05) is 0 Å². The van der Waals surface area contributed by atoms with Gasteiger partial charge in [-0.3, -0.25) is 0 Å². The Bertz CT molecular complexity index is 572. The van der Waals surface area contributed by atoms with E-state index in [0.29, 0.717) is 5.92 Å². The molecule has 106 valence electrons. The van der Waals surface area contributed by atoms with E-state index in [-0.39, 0.29) is 4.83 Å². The van der Waals surface area contributed by atoms with E-state index in [1.165, 1.54) is 28.7 Å². The highest BCUT2D eigenvalue weighted by Crippen LogP contribution is 2.35. The fourth-order valence-electron chi connectivity index (χ4n) is 2.31. The molecule has 2 aromatic rings. The molecule has 0 saturated carbocycles. The molecule has 0 aromatic heterocycles. The van der Waals surface area contributed by atoms with Crippen LogP contribution in [0.25, 0.3) is 0 Å². The lowest BCUT2D eigenvalue weighted by molar-refractivity contribution is 0.733. The highest BCUT2D eigenvalue weighted by molar-refractivity contribution is 9.10. The van der Waals surface area contributed by atoms with Crippen molar-refractivity contribution in [2.45, 2.75) is 37.9 Å². The minimum Gasteiger partial charge on any atom is -0.0786 e. The Morgan fingerprint density at radius 2 is 1.60 bits per heavy atom. The molecule has 0 amide bonds. The van der Waals surface area contributed by atoms with Gasteiger partial charge in [-0.25, -0.2) is 0 Å². The maximum Gasteiger partial charge on any atom is 0.0647 e. The second-order valence-corrected chi connectivity index (χ2v) is 7.06. The fourth-order valence-corrected chi connectivity index (χ4v) is 3.49. The predicted molar refractivity (Wildman–Crippen MR) is 94.8 cm³/mol. The van der Waals surface area contributed by atoms with Gasteiger partial charge in [-0.2, -0.15) is 0 Å². The molecule has 0 spiro atoms. The van der Waals surface area contributed by atoms with Gasteiger partial charge in [0.05, 0.1) is 4.83 Å². The number of halogens is 2. The van der Waals surface area contributed by atoms with Gasteiger partial charge in [0, 0.05) is 4.47 Å². The molecule has 0 aliphatic carbocycles. The normalized spacial score (nSPS) is 14.1. The smallest absolute Gasteiger partial charge is 0.0647 e. The molecule has 2 rings (SSSR count). The Labute approximate surface area is 138 Å². The largest absolute Gasteiger partial charge is 0.0786 e. The molecule has 20 heavy (non-hydrogen) atoms. The average molecular weight is 396 g/mol. The van der Waals surface area contributed by atoms with E-state index in [9.17, 15) is 0 Å². The van der Waals surface area contributed by atoms with Crippen molar-refractivity contribution >= 4 is 31.9 Å². The van der Waals surface area contributed by atoms with E-state index in [0.717, 1.165) is 4.47 Å². The molecule has 2 unspecified atom stereocenters. The lowest BCUT2D eigenvalue weighted by Gasteiger charge is -2.16. The second-order valence-electron chi connectivity index (χ2n) is 5.29. The first-order valence-corrected chi connectivity index (χ1v) is 8.74. The van der Waals surface area contributed by atoms with Crippen LogP contribution in [-0.2, 0) is 0 Å². The summed E-state index contributed by atoms with van der Waals surface area (Å²) in [5.41, 5.74) is 5.33. The first-order valence-electron chi connectivity index (χ1n) is 7.03. The van der Waals surface area contributed by atoms with Gasteiger partial charge in [0.15, 0.2) is 0 Å². The molecule has 0 heterocycles. The highest BCUT2D eigenvalue weighted by Gasteiger charge is 2.14. The van der Waals surface area contributed by atoms with Crippen LogP contribution in [0.5, 0.6) is 0 Å². The lowest BCUT2D eigenvalue weighted by Crippen LogP contribution is -1.98. The molecule has 2 heteroatoms.